The highest BCUT2D eigenvalue weighted by molar-refractivity contribution is 5.67. The maximum absolute atomic E-state index is 11.6. The van der Waals surface area contributed by atoms with Crippen LogP contribution in [0, 0.1) is 0 Å². The molecule has 24 heavy (non-hydrogen) atoms. The first kappa shape index (κ1) is 16.8. The van der Waals surface area contributed by atoms with Gasteiger partial charge in [-0.15, -0.1) is 0 Å². The number of piperidine rings is 2. The Morgan fingerprint density at radius 2 is 1.96 bits per heavy atom. The lowest BCUT2D eigenvalue weighted by molar-refractivity contribution is 0.0747. The largest absolute Gasteiger partial charge is 0.453 e. The van der Waals surface area contributed by atoms with Crippen molar-refractivity contribution in [2.75, 3.05) is 44.3 Å². The Labute approximate surface area is 143 Å². The summed E-state index contributed by atoms with van der Waals surface area (Å²) >= 11 is 0. The summed E-state index contributed by atoms with van der Waals surface area (Å²) in [5, 5.41) is 3.47. The fourth-order valence-electron chi connectivity index (χ4n) is 3.68. The zero-order valence-corrected chi connectivity index (χ0v) is 14.3. The molecule has 7 nitrogen and oxygen atoms in total. The molecule has 0 unspecified atom stereocenters. The molecule has 0 saturated carbocycles. The molecule has 2 aliphatic heterocycles. The van der Waals surface area contributed by atoms with E-state index in [0.29, 0.717) is 17.8 Å². The summed E-state index contributed by atoms with van der Waals surface area (Å²) in [5.74, 6) is 0.794. The molecule has 3 heterocycles. The van der Waals surface area contributed by atoms with Gasteiger partial charge in [-0.05, 0) is 37.8 Å². The van der Waals surface area contributed by atoms with E-state index in [0.717, 1.165) is 57.7 Å². The van der Waals surface area contributed by atoms with E-state index in [1.165, 1.54) is 7.11 Å². The number of ether oxygens (including phenoxy) is 1. The van der Waals surface area contributed by atoms with Gasteiger partial charge in [-0.2, -0.15) is 0 Å². The second kappa shape index (κ2) is 7.70. The van der Waals surface area contributed by atoms with Crippen LogP contribution in [0.4, 0.5) is 16.3 Å². The van der Waals surface area contributed by atoms with Crippen LogP contribution in [0.15, 0.2) is 18.3 Å². The quantitative estimate of drug-likeness (QED) is 0.877. The van der Waals surface area contributed by atoms with Crippen molar-refractivity contribution >= 4 is 17.6 Å². The lowest BCUT2D eigenvalue weighted by Crippen LogP contribution is -2.50. The molecule has 0 aliphatic carbocycles. The zero-order valence-electron chi connectivity index (χ0n) is 14.3. The summed E-state index contributed by atoms with van der Waals surface area (Å²) in [4.78, 5) is 20.2. The number of nitrogens with zero attached hydrogens (tertiary/aromatic N) is 3. The second-order valence-corrected chi connectivity index (χ2v) is 6.58. The Kier molecular flexibility index (Phi) is 5.40. The number of nitrogen functional groups attached to an aromatic ring is 1. The SMILES string of the molecule is COC(=O)N1CCC(N2CCC(Nc3ncccc3N)CC2)CC1. The van der Waals surface area contributed by atoms with Crippen LogP contribution >= 0.6 is 0 Å². The third kappa shape index (κ3) is 3.90. The van der Waals surface area contributed by atoms with Crippen molar-refractivity contribution in [3.05, 3.63) is 18.3 Å². The molecule has 3 N–H and O–H groups in total. The maximum atomic E-state index is 11.6. The first-order valence-corrected chi connectivity index (χ1v) is 8.71. The topological polar surface area (TPSA) is 83.7 Å². The predicted molar refractivity (Wildman–Crippen MR) is 93.9 cm³/mol. The monoisotopic (exact) mass is 333 g/mol. The lowest BCUT2D eigenvalue weighted by Gasteiger charge is -2.41. The minimum absolute atomic E-state index is 0.204. The molecular weight excluding hydrogens is 306 g/mol. The van der Waals surface area contributed by atoms with Gasteiger partial charge in [-0.25, -0.2) is 9.78 Å². The van der Waals surface area contributed by atoms with Crippen LogP contribution in [0.3, 0.4) is 0 Å². The van der Waals surface area contributed by atoms with Crippen molar-refractivity contribution in [3.8, 4) is 0 Å². The average molecular weight is 333 g/mol. The minimum Gasteiger partial charge on any atom is -0.453 e. The van der Waals surface area contributed by atoms with Gasteiger partial charge >= 0.3 is 6.09 Å². The molecule has 3 rings (SSSR count). The molecule has 1 amide bonds. The highest BCUT2D eigenvalue weighted by atomic mass is 16.5. The van der Waals surface area contributed by atoms with E-state index in [1.807, 2.05) is 12.1 Å². The van der Waals surface area contributed by atoms with Crippen LogP contribution < -0.4 is 11.1 Å². The number of methoxy groups -OCH3 is 1. The van der Waals surface area contributed by atoms with Crippen molar-refractivity contribution in [3.63, 3.8) is 0 Å². The van der Waals surface area contributed by atoms with Gasteiger partial charge in [0.15, 0.2) is 0 Å². The molecule has 2 saturated heterocycles. The average Bonchev–Trinajstić information content (AvgIpc) is 2.64. The third-order valence-electron chi connectivity index (χ3n) is 5.12. The summed E-state index contributed by atoms with van der Waals surface area (Å²) in [6.45, 7) is 3.74. The zero-order chi connectivity index (χ0) is 16.9. The number of aromatic nitrogens is 1. The molecule has 0 atom stereocenters. The molecule has 1 aromatic rings. The molecule has 2 aliphatic rings. The van der Waals surface area contributed by atoms with Gasteiger partial charge in [0, 0.05) is 44.5 Å². The van der Waals surface area contributed by atoms with Crippen molar-refractivity contribution in [1.29, 1.82) is 0 Å². The standard InChI is InChI=1S/C17H27N5O2/c1-24-17(23)22-11-6-14(7-12-22)21-9-4-13(5-10-21)20-16-15(18)3-2-8-19-16/h2-3,8,13-14H,4-7,9-12,18H2,1H3,(H,19,20). The van der Waals surface area contributed by atoms with E-state index >= 15 is 0 Å². The van der Waals surface area contributed by atoms with E-state index in [2.05, 4.69) is 15.2 Å². The van der Waals surface area contributed by atoms with Gasteiger partial charge in [-0.1, -0.05) is 0 Å². The summed E-state index contributed by atoms with van der Waals surface area (Å²) in [5.41, 5.74) is 6.66. The molecule has 7 heteroatoms. The number of carbonyl (C=O) groups excluding carboxylic acids is 1. The second-order valence-electron chi connectivity index (χ2n) is 6.58. The Morgan fingerprint density at radius 3 is 2.58 bits per heavy atom. The van der Waals surface area contributed by atoms with Crippen LogP contribution in [-0.4, -0.2) is 66.2 Å². The van der Waals surface area contributed by atoms with Crippen LogP contribution in [0.2, 0.25) is 0 Å². The number of anilines is 2. The van der Waals surface area contributed by atoms with Crippen LogP contribution in [0.1, 0.15) is 25.7 Å². The fourth-order valence-corrected chi connectivity index (χ4v) is 3.68. The molecule has 0 aromatic carbocycles. The first-order valence-electron chi connectivity index (χ1n) is 8.71. The number of likely N-dealkylation sites (tertiary alicyclic amines) is 2. The molecule has 1 aromatic heterocycles. The Balaban J connectivity index is 1.44. The van der Waals surface area contributed by atoms with Crippen LogP contribution in [0.5, 0.6) is 0 Å². The molecule has 0 radical (unpaired) electrons. The van der Waals surface area contributed by atoms with Crippen LogP contribution in [-0.2, 0) is 4.74 Å². The summed E-state index contributed by atoms with van der Waals surface area (Å²) < 4.78 is 4.80. The number of amides is 1. The highest BCUT2D eigenvalue weighted by Crippen LogP contribution is 2.24. The molecule has 2 fully saturated rings. The number of pyridine rings is 1. The summed E-state index contributed by atoms with van der Waals surface area (Å²) in [6, 6.07) is 4.73. The number of hydrogen-bond acceptors (Lipinski definition) is 6. The summed E-state index contributed by atoms with van der Waals surface area (Å²) in [6.07, 6.45) is 5.80. The summed E-state index contributed by atoms with van der Waals surface area (Å²) in [7, 11) is 1.44. The van der Waals surface area contributed by atoms with Gasteiger partial charge in [0.05, 0.1) is 12.8 Å². The van der Waals surface area contributed by atoms with Gasteiger partial charge in [-0.3, -0.25) is 0 Å². The molecule has 132 valence electrons. The third-order valence-corrected chi connectivity index (χ3v) is 5.12. The van der Waals surface area contributed by atoms with Gasteiger partial charge in [0.2, 0.25) is 0 Å². The number of nitrogens with one attached hydrogen (secondary N) is 1. The van der Waals surface area contributed by atoms with Gasteiger partial charge in [0.1, 0.15) is 5.82 Å². The van der Waals surface area contributed by atoms with Crippen molar-refractivity contribution in [1.82, 2.24) is 14.8 Å². The van der Waals surface area contributed by atoms with Gasteiger partial charge < -0.3 is 25.6 Å². The van der Waals surface area contributed by atoms with E-state index in [4.69, 9.17) is 10.5 Å². The van der Waals surface area contributed by atoms with Crippen molar-refractivity contribution < 1.29 is 9.53 Å². The minimum atomic E-state index is -0.204. The Hall–Kier alpha value is -2.02. The number of rotatable bonds is 3. The fraction of sp³-hybridized carbons (Fsp3) is 0.647. The van der Waals surface area contributed by atoms with Gasteiger partial charge in [0.25, 0.3) is 0 Å². The highest BCUT2D eigenvalue weighted by Gasteiger charge is 2.30. The van der Waals surface area contributed by atoms with E-state index in [-0.39, 0.29) is 6.09 Å². The lowest BCUT2D eigenvalue weighted by atomic mass is 9.98. The van der Waals surface area contributed by atoms with Crippen molar-refractivity contribution in [2.24, 2.45) is 0 Å². The number of carbonyl (C=O) groups is 1. The van der Waals surface area contributed by atoms with E-state index < -0.39 is 0 Å². The maximum Gasteiger partial charge on any atom is 0.409 e. The molecule has 0 spiro atoms. The Bertz CT molecular complexity index is 552. The molecular formula is C17H27N5O2. The first-order chi connectivity index (χ1) is 11.7. The van der Waals surface area contributed by atoms with Crippen molar-refractivity contribution in [2.45, 2.75) is 37.8 Å². The van der Waals surface area contributed by atoms with Crippen LogP contribution in [0.25, 0.3) is 0 Å². The Morgan fingerprint density at radius 1 is 1.25 bits per heavy atom. The number of hydrogen-bond donors (Lipinski definition) is 2. The normalized spacial score (nSPS) is 20.8. The molecule has 0 bridgehead atoms. The smallest absolute Gasteiger partial charge is 0.409 e. The number of nitrogens with two attached hydrogens (primary N) is 1. The van der Waals surface area contributed by atoms with E-state index in [1.54, 1.807) is 11.1 Å². The van der Waals surface area contributed by atoms with E-state index in [9.17, 15) is 4.79 Å². The predicted octanol–water partition coefficient (Wildman–Crippen LogP) is 1.77.